The van der Waals surface area contributed by atoms with Crippen molar-refractivity contribution in [3.63, 3.8) is 0 Å². The topological polar surface area (TPSA) is 78.4 Å². The van der Waals surface area contributed by atoms with E-state index in [2.05, 4.69) is 10.6 Å². The van der Waals surface area contributed by atoms with Gasteiger partial charge in [-0.2, -0.15) is 0 Å². The summed E-state index contributed by atoms with van der Waals surface area (Å²) in [5.74, 6) is -1.22. The molecule has 0 aliphatic rings. The van der Waals surface area contributed by atoms with Crippen LogP contribution in [0.2, 0.25) is 0 Å². The fourth-order valence-corrected chi connectivity index (χ4v) is 1.88. The molecule has 0 aliphatic heterocycles. The summed E-state index contributed by atoms with van der Waals surface area (Å²) >= 11 is 0. The average molecular weight is 284 g/mol. The maximum atomic E-state index is 12.2. The van der Waals surface area contributed by atoms with Gasteiger partial charge in [0.25, 0.3) is 5.91 Å². The van der Waals surface area contributed by atoms with Crippen LogP contribution in [-0.4, -0.2) is 23.5 Å². The number of hydrogen-bond acceptors (Lipinski definition) is 3. The Morgan fingerprint density at radius 2 is 1.62 bits per heavy atom. The number of anilines is 1. The van der Waals surface area contributed by atoms with Gasteiger partial charge in [-0.3, -0.25) is 9.59 Å². The van der Waals surface area contributed by atoms with Gasteiger partial charge in [-0.1, -0.05) is 42.5 Å². The van der Waals surface area contributed by atoms with Crippen LogP contribution in [0.15, 0.2) is 54.6 Å². The number of amides is 1. The van der Waals surface area contributed by atoms with Gasteiger partial charge in [0.15, 0.2) is 0 Å². The van der Waals surface area contributed by atoms with Crippen LogP contribution in [0.1, 0.15) is 15.9 Å². The van der Waals surface area contributed by atoms with Gasteiger partial charge in [0, 0.05) is 12.2 Å². The predicted molar refractivity (Wildman–Crippen MR) is 80.2 cm³/mol. The number of para-hydroxylation sites is 1. The molecular weight excluding hydrogens is 268 g/mol. The van der Waals surface area contributed by atoms with Crippen LogP contribution in [0.3, 0.4) is 0 Å². The second kappa shape index (κ2) is 7.09. The minimum absolute atomic E-state index is 0.233. The summed E-state index contributed by atoms with van der Waals surface area (Å²) in [4.78, 5) is 22.8. The van der Waals surface area contributed by atoms with Crippen molar-refractivity contribution in [2.24, 2.45) is 0 Å². The van der Waals surface area contributed by atoms with Crippen molar-refractivity contribution in [2.45, 2.75) is 6.54 Å². The summed E-state index contributed by atoms with van der Waals surface area (Å²) < 4.78 is 0. The monoisotopic (exact) mass is 284 g/mol. The van der Waals surface area contributed by atoms with Gasteiger partial charge in [0.2, 0.25) is 0 Å². The summed E-state index contributed by atoms with van der Waals surface area (Å²) in [7, 11) is 0. The lowest BCUT2D eigenvalue weighted by atomic mass is 10.1. The molecule has 0 radical (unpaired) electrons. The number of carboxylic acids is 1. The molecule has 0 saturated heterocycles. The molecule has 0 spiro atoms. The molecule has 21 heavy (non-hydrogen) atoms. The van der Waals surface area contributed by atoms with Crippen molar-refractivity contribution in [3.05, 3.63) is 65.7 Å². The molecule has 0 unspecified atom stereocenters. The molecule has 0 saturated carbocycles. The first kappa shape index (κ1) is 14.6. The van der Waals surface area contributed by atoms with Gasteiger partial charge in [-0.25, -0.2) is 0 Å². The number of nitrogens with one attached hydrogen (secondary N) is 2. The van der Waals surface area contributed by atoms with Crippen molar-refractivity contribution in [3.8, 4) is 0 Å². The van der Waals surface area contributed by atoms with Gasteiger partial charge >= 0.3 is 5.97 Å². The van der Waals surface area contributed by atoms with E-state index in [0.29, 0.717) is 17.8 Å². The van der Waals surface area contributed by atoms with E-state index in [-0.39, 0.29) is 12.5 Å². The highest BCUT2D eigenvalue weighted by atomic mass is 16.4. The quantitative estimate of drug-likeness (QED) is 0.759. The zero-order valence-corrected chi connectivity index (χ0v) is 11.4. The summed E-state index contributed by atoms with van der Waals surface area (Å²) in [6, 6.07) is 16.4. The first-order chi connectivity index (χ1) is 10.2. The Labute approximate surface area is 122 Å². The lowest BCUT2D eigenvalue weighted by molar-refractivity contribution is -0.134. The number of rotatable bonds is 6. The number of aliphatic carboxylic acids is 1. The number of carbonyl (C=O) groups excluding carboxylic acids is 1. The van der Waals surface area contributed by atoms with E-state index in [1.54, 1.807) is 24.3 Å². The second-order valence-electron chi connectivity index (χ2n) is 4.46. The summed E-state index contributed by atoms with van der Waals surface area (Å²) in [6.45, 7) is 0.190. The van der Waals surface area contributed by atoms with Gasteiger partial charge in [0.05, 0.1) is 5.56 Å². The average Bonchev–Trinajstić information content (AvgIpc) is 2.52. The van der Waals surface area contributed by atoms with Crippen LogP contribution in [0, 0.1) is 0 Å². The predicted octanol–water partition coefficient (Wildman–Crippen LogP) is 2.11. The Bertz CT molecular complexity index is 626. The van der Waals surface area contributed by atoms with Gasteiger partial charge in [-0.05, 0) is 17.7 Å². The van der Waals surface area contributed by atoms with E-state index in [1.165, 1.54) is 0 Å². The first-order valence-corrected chi connectivity index (χ1v) is 6.53. The lowest BCUT2D eigenvalue weighted by Gasteiger charge is -2.11. The standard InChI is InChI=1S/C16H16N2O3/c19-15(20)11-17-14-9-5-4-8-13(14)16(21)18-10-12-6-2-1-3-7-12/h1-9,17H,10-11H2,(H,18,21)(H,19,20). The third-order valence-corrected chi connectivity index (χ3v) is 2.90. The van der Waals surface area contributed by atoms with E-state index >= 15 is 0 Å². The Morgan fingerprint density at radius 3 is 2.33 bits per heavy atom. The molecule has 3 N–H and O–H groups in total. The largest absolute Gasteiger partial charge is 0.480 e. The molecule has 0 heterocycles. The van der Waals surface area contributed by atoms with Crippen molar-refractivity contribution in [1.29, 1.82) is 0 Å². The van der Waals surface area contributed by atoms with Crippen LogP contribution in [0.25, 0.3) is 0 Å². The zero-order valence-electron chi connectivity index (χ0n) is 11.4. The van der Waals surface area contributed by atoms with Crippen LogP contribution < -0.4 is 10.6 Å². The Balaban J connectivity index is 2.03. The van der Waals surface area contributed by atoms with Gasteiger partial charge in [-0.15, -0.1) is 0 Å². The minimum atomic E-state index is -0.977. The molecule has 108 valence electrons. The smallest absolute Gasteiger partial charge is 0.322 e. The third kappa shape index (κ3) is 4.35. The van der Waals surface area contributed by atoms with Crippen LogP contribution in [0.5, 0.6) is 0 Å². The molecule has 5 heteroatoms. The molecule has 0 aromatic heterocycles. The van der Waals surface area contributed by atoms with E-state index in [9.17, 15) is 9.59 Å². The van der Waals surface area contributed by atoms with E-state index in [4.69, 9.17) is 5.11 Å². The van der Waals surface area contributed by atoms with Crippen molar-refractivity contribution < 1.29 is 14.7 Å². The number of carbonyl (C=O) groups is 2. The molecule has 0 atom stereocenters. The molecule has 0 aliphatic carbocycles. The molecule has 1 amide bonds. The lowest BCUT2D eigenvalue weighted by Crippen LogP contribution is -2.24. The molecular formula is C16H16N2O3. The Morgan fingerprint density at radius 1 is 0.952 bits per heavy atom. The zero-order chi connectivity index (χ0) is 15.1. The normalized spacial score (nSPS) is 9.90. The number of carboxylic acid groups (broad SMARTS) is 1. The second-order valence-corrected chi connectivity index (χ2v) is 4.46. The molecule has 5 nitrogen and oxygen atoms in total. The summed E-state index contributed by atoms with van der Waals surface area (Å²) in [6.07, 6.45) is 0. The molecule has 2 rings (SSSR count). The number of hydrogen-bond donors (Lipinski definition) is 3. The van der Waals surface area contributed by atoms with Crippen molar-refractivity contribution in [2.75, 3.05) is 11.9 Å². The molecule has 0 bridgehead atoms. The fourth-order valence-electron chi connectivity index (χ4n) is 1.88. The minimum Gasteiger partial charge on any atom is -0.480 e. The van der Waals surface area contributed by atoms with E-state index in [0.717, 1.165) is 5.56 Å². The SMILES string of the molecule is O=C(O)CNc1ccccc1C(=O)NCc1ccccc1. The number of benzene rings is 2. The Kier molecular flexibility index (Phi) is 4.93. The van der Waals surface area contributed by atoms with Crippen LogP contribution >= 0.6 is 0 Å². The van der Waals surface area contributed by atoms with Crippen molar-refractivity contribution >= 4 is 17.6 Å². The highest BCUT2D eigenvalue weighted by Crippen LogP contribution is 2.14. The Hall–Kier alpha value is -2.82. The highest BCUT2D eigenvalue weighted by molar-refractivity contribution is 5.99. The first-order valence-electron chi connectivity index (χ1n) is 6.53. The van der Waals surface area contributed by atoms with Crippen LogP contribution in [0.4, 0.5) is 5.69 Å². The van der Waals surface area contributed by atoms with E-state index < -0.39 is 5.97 Å². The molecule has 2 aromatic rings. The van der Waals surface area contributed by atoms with Gasteiger partial charge < -0.3 is 15.7 Å². The molecule has 0 fully saturated rings. The summed E-state index contributed by atoms with van der Waals surface area (Å²) in [5.41, 5.74) is 1.93. The third-order valence-electron chi connectivity index (χ3n) is 2.90. The van der Waals surface area contributed by atoms with Crippen molar-refractivity contribution in [1.82, 2.24) is 5.32 Å². The maximum Gasteiger partial charge on any atom is 0.322 e. The fraction of sp³-hybridized carbons (Fsp3) is 0.125. The highest BCUT2D eigenvalue weighted by Gasteiger charge is 2.11. The maximum absolute atomic E-state index is 12.2. The van der Waals surface area contributed by atoms with Gasteiger partial charge in [0.1, 0.15) is 6.54 Å². The summed E-state index contributed by atoms with van der Waals surface area (Å²) in [5, 5.41) is 14.2. The molecule has 2 aromatic carbocycles. The van der Waals surface area contributed by atoms with E-state index in [1.807, 2.05) is 30.3 Å². The van der Waals surface area contributed by atoms with Crippen LogP contribution in [-0.2, 0) is 11.3 Å².